The zero-order valence-corrected chi connectivity index (χ0v) is 33.9. The molecule has 0 bridgehead atoms. The number of aryl methyl sites for hydroxylation is 1. The number of aromatic nitrogens is 5. The number of rotatable bonds is 13. The van der Waals surface area contributed by atoms with Gasteiger partial charge in [0, 0.05) is 80.0 Å². The Hall–Kier alpha value is -4.64. The molecule has 15 nitrogen and oxygen atoms in total. The molecule has 5 aliphatic rings. The number of benzene rings is 1. The first-order valence-corrected chi connectivity index (χ1v) is 21.7. The van der Waals surface area contributed by atoms with Crippen LogP contribution in [0.1, 0.15) is 93.4 Å². The van der Waals surface area contributed by atoms with Crippen LogP contribution < -0.4 is 20.9 Å². The van der Waals surface area contributed by atoms with Crippen molar-refractivity contribution < 1.29 is 19.5 Å². The number of aliphatic hydroxyl groups is 1. The molecule has 2 aliphatic carbocycles. The average molecular weight is 808 g/mol. The SMILES string of the molecule is Cn1nc(NC(=O)CCNC=O)c2ccc(C3CCN(Cc4cc(SN5CCC(Nc6ncc7c(n6)N(C6CCC[C@@H](O)C6)C(=O)C76CC6)CC5)ccn4)CC3)cc21. The number of hydrogen-bond donors (Lipinski definition) is 4. The molecule has 6 heterocycles. The maximum atomic E-state index is 13.6. The second-order valence-corrected chi connectivity index (χ2v) is 17.9. The van der Waals surface area contributed by atoms with Crippen LogP contribution in [0.25, 0.3) is 10.9 Å². The molecule has 2 saturated heterocycles. The molecule has 4 aromatic rings. The molecule has 58 heavy (non-hydrogen) atoms. The van der Waals surface area contributed by atoms with E-state index in [9.17, 15) is 19.5 Å². The molecular formula is C42H53N11O4S. The minimum absolute atomic E-state index is 0.00326. The van der Waals surface area contributed by atoms with Crippen LogP contribution >= 0.6 is 11.9 Å². The highest BCUT2D eigenvalue weighted by Gasteiger charge is 2.61. The first-order valence-electron chi connectivity index (χ1n) is 21.0. The topological polar surface area (TPSA) is 174 Å². The highest BCUT2D eigenvalue weighted by molar-refractivity contribution is 7.97. The number of pyridine rings is 1. The Balaban J connectivity index is 0.748. The fourth-order valence-electron chi connectivity index (χ4n) is 9.46. The molecule has 1 spiro atoms. The van der Waals surface area contributed by atoms with Crippen LogP contribution in [0, 0.1) is 0 Å². The molecule has 306 valence electrons. The lowest BCUT2D eigenvalue weighted by molar-refractivity contribution is -0.121. The summed E-state index contributed by atoms with van der Waals surface area (Å²) in [5.74, 6) is 2.32. The quantitative estimate of drug-likeness (QED) is 0.0850. The lowest BCUT2D eigenvalue weighted by Gasteiger charge is -2.34. The van der Waals surface area contributed by atoms with E-state index in [1.165, 1.54) is 10.5 Å². The van der Waals surface area contributed by atoms with Gasteiger partial charge in [0.1, 0.15) is 5.82 Å². The number of aliphatic hydroxyl groups excluding tert-OH is 1. The lowest BCUT2D eigenvalue weighted by Crippen LogP contribution is -2.44. The van der Waals surface area contributed by atoms with E-state index < -0.39 is 5.41 Å². The molecule has 4 fully saturated rings. The van der Waals surface area contributed by atoms with Gasteiger partial charge in [0.15, 0.2) is 5.82 Å². The van der Waals surface area contributed by atoms with Gasteiger partial charge >= 0.3 is 0 Å². The summed E-state index contributed by atoms with van der Waals surface area (Å²) < 4.78 is 4.25. The highest BCUT2D eigenvalue weighted by atomic mass is 32.2. The van der Waals surface area contributed by atoms with Gasteiger partial charge in [0.25, 0.3) is 0 Å². The molecule has 3 aliphatic heterocycles. The molecular weight excluding hydrogens is 755 g/mol. The fraction of sp³-hybridized carbons (Fsp3) is 0.548. The van der Waals surface area contributed by atoms with E-state index in [0.29, 0.717) is 30.5 Å². The number of amides is 3. The second kappa shape index (κ2) is 16.5. The van der Waals surface area contributed by atoms with Crippen molar-refractivity contribution in [3.63, 3.8) is 0 Å². The van der Waals surface area contributed by atoms with Crippen LogP contribution in [-0.4, -0.2) is 108 Å². The van der Waals surface area contributed by atoms with E-state index in [1.807, 2.05) is 29.0 Å². The second-order valence-electron chi connectivity index (χ2n) is 16.8. The number of nitrogens with one attached hydrogen (secondary N) is 3. The van der Waals surface area contributed by atoms with Crippen molar-refractivity contribution in [2.24, 2.45) is 7.05 Å². The van der Waals surface area contributed by atoms with Crippen LogP contribution in [-0.2, 0) is 33.4 Å². The van der Waals surface area contributed by atoms with Gasteiger partial charge in [-0.3, -0.25) is 33.8 Å². The number of anilines is 3. The zero-order valence-electron chi connectivity index (χ0n) is 33.1. The predicted octanol–water partition coefficient (Wildman–Crippen LogP) is 4.48. The Kier molecular flexibility index (Phi) is 11.1. The Morgan fingerprint density at radius 1 is 1.03 bits per heavy atom. The van der Waals surface area contributed by atoms with Crippen LogP contribution in [0.4, 0.5) is 17.6 Å². The minimum Gasteiger partial charge on any atom is -0.393 e. The summed E-state index contributed by atoms with van der Waals surface area (Å²) in [6.07, 6.45) is 13.3. The molecule has 16 heteroatoms. The number of hydrogen-bond acceptors (Lipinski definition) is 12. The summed E-state index contributed by atoms with van der Waals surface area (Å²) in [5, 5.41) is 24.8. The van der Waals surface area contributed by atoms with Crippen molar-refractivity contribution in [1.29, 1.82) is 0 Å². The Bertz CT molecular complexity index is 2160. The number of carbonyl (C=O) groups is 3. The van der Waals surface area contributed by atoms with Crippen molar-refractivity contribution in [1.82, 2.24) is 39.3 Å². The molecule has 1 aromatic carbocycles. The van der Waals surface area contributed by atoms with Crippen molar-refractivity contribution in [2.45, 2.75) is 112 Å². The first-order chi connectivity index (χ1) is 28.3. The maximum absolute atomic E-state index is 13.6. The third-order valence-electron chi connectivity index (χ3n) is 12.8. The van der Waals surface area contributed by atoms with Crippen LogP contribution in [0.15, 0.2) is 47.6 Å². The van der Waals surface area contributed by atoms with Gasteiger partial charge in [-0.15, -0.1) is 0 Å². The summed E-state index contributed by atoms with van der Waals surface area (Å²) >= 11 is 1.80. The maximum Gasteiger partial charge on any atom is 0.239 e. The van der Waals surface area contributed by atoms with Crippen molar-refractivity contribution in [2.75, 3.05) is 48.3 Å². The molecule has 4 N–H and O–H groups in total. The Morgan fingerprint density at radius 2 is 1.86 bits per heavy atom. The van der Waals surface area contributed by atoms with E-state index >= 15 is 0 Å². The summed E-state index contributed by atoms with van der Waals surface area (Å²) in [7, 11) is 1.90. The van der Waals surface area contributed by atoms with E-state index in [4.69, 9.17) is 15.0 Å². The summed E-state index contributed by atoms with van der Waals surface area (Å²) in [6, 6.07) is 11.0. The van der Waals surface area contributed by atoms with Gasteiger partial charge in [0.05, 0.1) is 22.7 Å². The normalized spacial score (nSPS) is 22.7. The third kappa shape index (κ3) is 8.03. The molecule has 3 amide bonds. The van der Waals surface area contributed by atoms with E-state index in [2.05, 4.69) is 60.6 Å². The van der Waals surface area contributed by atoms with Crippen molar-refractivity contribution in [3.05, 3.63) is 59.5 Å². The van der Waals surface area contributed by atoms with Gasteiger partial charge in [-0.25, -0.2) is 9.29 Å². The van der Waals surface area contributed by atoms with Gasteiger partial charge in [0.2, 0.25) is 24.2 Å². The molecule has 3 aromatic heterocycles. The monoisotopic (exact) mass is 807 g/mol. The molecule has 2 saturated carbocycles. The smallest absolute Gasteiger partial charge is 0.239 e. The largest absolute Gasteiger partial charge is 0.393 e. The summed E-state index contributed by atoms with van der Waals surface area (Å²) in [4.78, 5) is 56.5. The van der Waals surface area contributed by atoms with Crippen LogP contribution in [0.2, 0.25) is 0 Å². The first kappa shape index (κ1) is 38.9. The number of likely N-dealkylation sites (tertiary alicyclic amines) is 1. The van der Waals surface area contributed by atoms with Crippen molar-refractivity contribution >= 4 is 58.7 Å². The number of carbonyl (C=O) groups excluding carboxylic acids is 3. The average Bonchev–Trinajstić information content (AvgIpc) is 3.93. The summed E-state index contributed by atoms with van der Waals surface area (Å²) in [6.45, 7) is 4.98. The van der Waals surface area contributed by atoms with Crippen LogP contribution in [0.3, 0.4) is 0 Å². The van der Waals surface area contributed by atoms with Crippen LogP contribution in [0.5, 0.6) is 0 Å². The van der Waals surface area contributed by atoms with Gasteiger partial charge in [-0.05, 0) is 125 Å². The third-order valence-corrected chi connectivity index (χ3v) is 13.9. The van der Waals surface area contributed by atoms with Crippen molar-refractivity contribution in [3.8, 4) is 0 Å². The number of nitrogens with zero attached hydrogens (tertiary/aromatic N) is 8. The molecule has 9 rings (SSSR count). The van der Waals surface area contributed by atoms with Gasteiger partial charge in [-0.2, -0.15) is 10.1 Å². The fourth-order valence-corrected chi connectivity index (χ4v) is 10.5. The number of fused-ring (bicyclic) bond motifs is 3. The van der Waals surface area contributed by atoms with Gasteiger partial charge in [-0.1, -0.05) is 6.07 Å². The van der Waals surface area contributed by atoms with E-state index in [0.717, 1.165) is 118 Å². The minimum atomic E-state index is -0.436. The van der Waals surface area contributed by atoms with E-state index in [1.54, 1.807) is 11.9 Å². The van der Waals surface area contributed by atoms with E-state index in [-0.39, 0.29) is 43.0 Å². The molecule has 0 radical (unpaired) electrons. The lowest BCUT2D eigenvalue weighted by atomic mass is 9.89. The Morgan fingerprint density at radius 3 is 2.64 bits per heavy atom. The number of piperidine rings is 2. The Labute approximate surface area is 342 Å². The standard InChI is InChI=1S/C42H53N11O4S/c1-50-36-21-28(5-6-34(36)38(49-50)47-37(56)8-15-43-26-54)27-9-17-51(18-10-27)25-30-22-33(7-16-44-30)58-52-19-11-29(12-20-52)46-41-45-24-35-39(48-41)53(40(57)42(35)13-14-42)31-3-2-4-32(55)23-31/h5-7,16,21-22,24,26-27,29,31-32,55H,2-4,8-15,17-20,23,25H2,1H3,(H,43,54)(H,45,46,48)(H,47,49,56)/t31?,32-/m1/s1. The molecule has 2 atom stereocenters. The van der Waals surface area contributed by atoms with Gasteiger partial charge < -0.3 is 21.1 Å². The highest BCUT2D eigenvalue weighted by Crippen LogP contribution is 2.57. The molecule has 1 unspecified atom stereocenters. The zero-order chi connectivity index (χ0) is 39.8. The predicted molar refractivity (Wildman–Crippen MR) is 222 cm³/mol. The summed E-state index contributed by atoms with van der Waals surface area (Å²) in [5.41, 5.74) is 3.91.